The van der Waals surface area contributed by atoms with Gasteiger partial charge < -0.3 is 10.1 Å². The van der Waals surface area contributed by atoms with Crippen LogP contribution < -0.4 is 5.32 Å². The summed E-state index contributed by atoms with van der Waals surface area (Å²) in [5, 5.41) is 3.42. The van der Waals surface area contributed by atoms with Gasteiger partial charge in [-0.05, 0) is 24.3 Å². The fourth-order valence-electron chi connectivity index (χ4n) is 3.39. The number of carbonyl (C=O) groups excluding carboxylic acids is 2. The summed E-state index contributed by atoms with van der Waals surface area (Å²) in [4.78, 5) is 32.9. The first-order valence-corrected chi connectivity index (χ1v) is 12.1. The van der Waals surface area contributed by atoms with Crippen LogP contribution in [0, 0.1) is 5.82 Å². The van der Waals surface area contributed by atoms with Gasteiger partial charge in [0.2, 0.25) is 5.91 Å². The molecular weight excluding hydrogens is 449 g/mol. The first-order chi connectivity index (χ1) is 15.5. The molecule has 3 aromatic rings. The van der Waals surface area contributed by atoms with E-state index in [0.29, 0.717) is 21.5 Å². The van der Waals surface area contributed by atoms with Gasteiger partial charge in [0.15, 0.2) is 0 Å². The lowest BCUT2D eigenvalue weighted by Gasteiger charge is -2.25. The minimum absolute atomic E-state index is 0.272. The number of rotatable bonds is 6. The molecule has 0 unspecified atom stereocenters. The summed E-state index contributed by atoms with van der Waals surface area (Å²) in [6.07, 6.45) is 2.63. The molecule has 0 aliphatic carbocycles. The number of pyridine rings is 1. The van der Waals surface area contributed by atoms with Crippen LogP contribution in [0.15, 0.2) is 42.5 Å². The van der Waals surface area contributed by atoms with E-state index in [9.17, 15) is 14.0 Å². The van der Waals surface area contributed by atoms with Crippen molar-refractivity contribution in [1.82, 2.24) is 9.88 Å². The van der Waals surface area contributed by atoms with Crippen molar-refractivity contribution in [1.29, 1.82) is 0 Å². The number of aromatic nitrogens is 1. The first-order valence-electron chi connectivity index (χ1n) is 10.1. The summed E-state index contributed by atoms with van der Waals surface area (Å²) in [6.45, 7) is 2.80. The van der Waals surface area contributed by atoms with E-state index in [1.807, 2.05) is 23.9 Å². The molecule has 1 amide bonds. The zero-order valence-corrected chi connectivity index (χ0v) is 19.1. The molecule has 1 N–H and O–H groups in total. The number of anilines is 1. The Morgan fingerprint density at radius 3 is 2.75 bits per heavy atom. The van der Waals surface area contributed by atoms with Crippen molar-refractivity contribution in [2.24, 2.45) is 0 Å². The molecule has 1 aliphatic rings. The summed E-state index contributed by atoms with van der Waals surface area (Å²) in [6, 6.07) is 9.96. The number of methoxy groups -OCH3 is 1. The third-order valence-corrected chi connectivity index (χ3v) is 7.06. The molecule has 4 rings (SSSR count). The SMILES string of the molecule is COC(=O)c1sc2nc(CN3CCSCC3)ccc2c1NC(=O)/C=C/c1ccccc1F. The van der Waals surface area contributed by atoms with E-state index in [1.165, 1.54) is 36.7 Å². The monoisotopic (exact) mass is 471 g/mol. The number of hydrogen-bond acceptors (Lipinski definition) is 7. The Morgan fingerprint density at radius 2 is 2.00 bits per heavy atom. The van der Waals surface area contributed by atoms with Crippen LogP contribution in [0.4, 0.5) is 10.1 Å². The molecule has 6 nitrogen and oxygen atoms in total. The van der Waals surface area contributed by atoms with Crippen molar-refractivity contribution < 1.29 is 18.7 Å². The number of hydrogen-bond donors (Lipinski definition) is 1. The Balaban J connectivity index is 1.59. The lowest BCUT2D eigenvalue weighted by atomic mass is 10.2. The Bertz CT molecular complexity index is 1170. The van der Waals surface area contributed by atoms with Crippen molar-refractivity contribution in [3.05, 3.63) is 64.4 Å². The van der Waals surface area contributed by atoms with Gasteiger partial charge in [0, 0.05) is 48.2 Å². The molecule has 0 saturated carbocycles. The number of carbonyl (C=O) groups is 2. The number of ether oxygens (including phenoxy) is 1. The summed E-state index contributed by atoms with van der Waals surface area (Å²) >= 11 is 3.14. The lowest BCUT2D eigenvalue weighted by molar-refractivity contribution is -0.111. The Labute approximate surface area is 193 Å². The van der Waals surface area contributed by atoms with Gasteiger partial charge >= 0.3 is 5.97 Å². The van der Waals surface area contributed by atoms with Crippen LogP contribution in [0.2, 0.25) is 0 Å². The molecular formula is C23H22FN3O3S2. The highest BCUT2D eigenvalue weighted by atomic mass is 32.2. The number of amides is 1. The third kappa shape index (κ3) is 5.17. The van der Waals surface area contributed by atoms with Gasteiger partial charge in [0.25, 0.3) is 0 Å². The molecule has 32 heavy (non-hydrogen) atoms. The van der Waals surface area contributed by atoms with Crippen molar-refractivity contribution in [2.45, 2.75) is 6.54 Å². The van der Waals surface area contributed by atoms with Gasteiger partial charge in [-0.25, -0.2) is 14.2 Å². The highest BCUT2D eigenvalue weighted by Gasteiger charge is 2.22. The van der Waals surface area contributed by atoms with E-state index in [0.717, 1.165) is 36.8 Å². The van der Waals surface area contributed by atoms with Crippen LogP contribution in [-0.2, 0) is 16.1 Å². The number of nitrogens with zero attached hydrogens (tertiary/aromatic N) is 2. The Hall–Kier alpha value is -2.75. The van der Waals surface area contributed by atoms with Crippen LogP contribution >= 0.6 is 23.1 Å². The predicted molar refractivity (Wildman–Crippen MR) is 128 cm³/mol. The van der Waals surface area contributed by atoms with E-state index >= 15 is 0 Å². The molecule has 1 saturated heterocycles. The number of esters is 1. The summed E-state index contributed by atoms with van der Waals surface area (Å²) in [5.41, 5.74) is 1.57. The van der Waals surface area contributed by atoms with E-state index < -0.39 is 17.7 Å². The Morgan fingerprint density at radius 1 is 1.22 bits per heavy atom. The predicted octanol–water partition coefficient (Wildman–Crippen LogP) is 4.42. The molecule has 0 bridgehead atoms. The second kappa shape index (κ2) is 10.2. The largest absolute Gasteiger partial charge is 0.465 e. The van der Waals surface area contributed by atoms with Gasteiger partial charge in [0.1, 0.15) is 15.5 Å². The van der Waals surface area contributed by atoms with Crippen LogP contribution in [0.1, 0.15) is 20.9 Å². The van der Waals surface area contributed by atoms with E-state index in [1.54, 1.807) is 18.2 Å². The van der Waals surface area contributed by atoms with Crippen LogP contribution in [0.3, 0.4) is 0 Å². The highest BCUT2D eigenvalue weighted by molar-refractivity contribution is 7.99. The van der Waals surface area contributed by atoms with E-state index in [2.05, 4.69) is 10.2 Å². The second-order valence-electron chi connectivity index (χ2n) is 7.19. The number of nitrogens with one attached hydrogen (secondary N) is 1. The summed E-state index contributed by atoms with van der Waals surface area (Å²) in [5.74, 6) is 0.787. The van der Waals surface area contributed by atoms with E-state index in [4.69, 9.17) is 9.72 Å². The maximum absolute atomic E-state index is 13.8. The smallest absolute Gasteiger partial charge is 0.350 e. The number of thiophene rings is 1. The molecule has 1 aliphatic heterocycles. The van der Waals surface area contributed by atoms with Crippen LogP contribution in [-0.4, -0.2) is 53.5 Å². The minimum atomic E-state index is -0.545. The number of thioether (sulfide) groups is 1. The maximum Gasteiger partial charge on any atom is 0.350 e. The lowest BCUT2D eigenvalue weighted by Crippen LogP contribution is -2.32. The fraction of sp³-hybridized carbons (Fsp3) is 0.261. The molecule has 0 spiro atoms. The second-order valence-corrected chi connectivity index (χ2v) is 9.41. The first kappa shape index (κ1) is 22.4. The van der Waals surface area contributed by atoms with Gasteiger partial charge in [0.05, 0.1) is 18.5 Å². The third-order valence-electron chi connectivity index (χ3n) is 5.04. The van der Waals surface area contributed by atoms with Crippen molar-refractivity contribution in [3.63, 3.8) is 0 Å². The molecule has 0 radical (unpaired) electrons. The quantitative estimate of drug-likeness (QED) is 0.424. The Kier molecular flexibility index (Phi) is 7.19. The number of fused-ring (bicyclic) bond motifs is 1. The number of halogens is 1. The van der Waals surface area contributed by atoms with Crippen LogP contribution in [0.5, 0.6) is 0 Å². The summed E-state index contributed by atoms with van der Waals surface area (Å²) in [7, 11) is 1.30. The van der Waals surface area contributed by atoms with Gasteiger partial charge in [-0.1, -0.05) is 18.2 Å². The molecule has 2 aromatic heterocycles. The standard InChI is InChI=1S/C23H22FN3O3S2/c1-30-23(29)21-20(26-19(28)9-6-15-4-2-3-5-18(15)24)17-8-7-16(25-22(17)32-21)14-27-10-12-31-13-11-27/h2-9H,10-14H2,1H3,(H,26,28)/b9-6+. The molecule has 0 atom stereocenters. The normalized spacial score (nSPS) is 14.7. The number of benzene rings is 1. The molecule has 9 heteroatoms. The van der Waals surface area contributed by atoms with E-state index in [-0.39, 0.29) is 4.88 Å². The zero-order valence-electron chi connectivity index (χ0n) is 17.5. The van der Waals surface area contributed by atoms with Crippen molar-refractivity contribution >= 4 is 57.0 Å². The summed E-state index contributed by atoms with van der Waals surface area (Å²) < 4.78 is 18.7. The average Bonchev–Trinajstić information content (AvgIpc) is 3.16. The molecule has 1 aromatic carbocycles. The van der Waals surface area contributed by atoms with Crippen LogP contribution in [0.25, 0.3) is 16.3 Å². The highest BCUT2D eigenvalue weighted by Crippen LogP contribution is 2.35. The van der Waals surface area contributed by atoms with Gasteiger partial charge in [-0.2, -0.15) is 11.8 Å². The topological polar surface area (TPSA) is 71.5 Å². The minimum Gasteiger partial charge on any atom is -0.465 e. The van der Waals surface area contributed by atoms with Gasteiger partial charge in [-0.15, -0.1) is 11.3 Å². The molecule has 3 heterocycles. The fourth-order valence-corrected chi connectivity index (χ4v) is 5.44. The average molecular weight is 472 g/mol. The zero-order chi connectivity index (χ0) is 22.5. The van der Waals surface area contributed by atoms with Crippen molar-refractivity contribution in [3.8, 4) is 0 Å². The molecule has 1 fully saturated rings. The molecule has 166 valence electrons. The van der Waals surface area contributed by atoms with Gasteiger partial charge in [-0.3, -0.25) is 9.69 Å². The maximum atomic E-state index is 13.8. The van der Waals surface area contributed by atoms with Crippen molar-refractivity contribution in [2.75, 3.05) is 37.0 Å².